The van der Waals surface area contributed by atoms with Gasteiger partial charge < -0.3 is 4.90 Å². The van der Waals surface area contributed by atoms with Crippen molar-refractivity contribution in [3.8, 4) is 16.1 Å². The van der Waals surface area contributed by atoms with E-state index in [9.17, 15) is 9.59 Å². The molecular weight excluding hydrogens is 416 g/mol. The third kappa shape index (κ3) is 3.39. The van der Waals surface area contributed by atoms with Crippen molar-refractivity contribution in [2.45, 2.75) is 0 Å². The molecule has 0 atom stereocenters. The van der Waals surface area contributed by atoms with Crippen LogP contribution in [0.2, 0.25) is 5.02 Å². The van der Waals surface area contributed by atoms with E-state index in [4.69, 9.17) is 11.6 Å². The van der Waals surface area contributed by atoms with Gasteiger partial charge in [0, 0.05) is 51.7 Å². The van der Waals surface area contributed by atoms with Gasteiger partial charge in [-0.25, -0.2) is 0 Å². The molecule has 6 heteroatoms. The smallest absolute Gasteiger partial charge is 0.273 e. The molecule has 0 saturated carbocycles. The van der Waals surface area contributed by atoms with Gasteiger partial charge in [-0.3, -0.25) is 14.2 Å². The van der Waals surface area contributed by atoms with Crippen molar-refractivity contribution in [1.82, 2.24) is 9.47 Å². The lowest BCUT2D eigenvalue weighted by Gasteiger charge is -2.34. The highest BCUT2D eigenvalue weighted by Crippen LogP contribution is 2.32. The molecular formula is C24H19ClN2O2S. The third-order valence-electron chi connectivity index (χ3n) is 5.57. The number of nitrogens with zero attached hydrogens (tertiary/aromatic N) is 2. The summed E-state index contributed by atoms with van der Waals surface area (Å²) >= 11 is 7.46. The zero-order valence-electron chi connectivity index (χ0n) is 16.3. The number of carbonyl (C=O) groups is 1. The number of Topliss-reactive ketones (excluding diaryl/α,β-unsaturated/α-hetero) is 1. The fraction of sp³-hybridized carbons (Fsp3) is 0.167. The van der Waals surface area contributed by atoms with E-state index in [1.54, 1.807) is 10.8 Å². The average Bonchev–Trinajstić information content (AvgIpc) is 3.17. The van der Waals surface area contributed by atoms with Crippen LogP contribution < -0.4 is 5.56 Å². The number of ketones is 1. The van der Waals surface area contributed by atoms with E-state index in [1.165, 1.54) is 11.3 Å². The predicted octanol–water partition coefficient (Wildman–Crippen LogP) is 5.12. The minimum atomic E-state index is -0.0580. The quantitative estimate of drug-likeness (QED) is 0.419. The maximum atomic E-state index is 13.1. The van der Waals surface area contributed by atoms with Gasteiger partial charge in [-0.1, -0.05) is 23.7 Å². The molecule has 3 heterocycles. The fourth-order valence-corrected chi connectivity index (χ4v) is 5.09. The Morgan fingerprint density at radius 1 is 1.03 bits per heavy atom. The molecule has 0 amide bonds. The third-order valence-corrected chi connectivity index (χ3v) is 7.01. The molecule has 4 nitrogen and oxygen atoms in total. The topological polar surface area (TPSA) is 42.3 Å². The number of thiophene rings is 1. The Kier molecular flexibility index (Phi) is 4.82. The molecule has 0 unspecified atom stereocenters. The Bertz CT molecular complexity index is 1300. The highest BCUT2D eigenvalue weighted by molar-refractivity contribution is 7.22. The van der Waals surface area contributed by atoms with E-state index in [2.05, 4.69) is 4.90 Å². The zero-order chi connectivity index (χ0) is 20.8. The van der Waals surface area contributed by atoms with Crippen LogP contribution in [0.25, 0.3) is 26.2 Å². The van der Waals surface area contributed by atoms with E-state index >= 15 is 0 Å². The summed E-state index contributed by atoms with van der Waals surface area (Å²) < 4.78 is 2.34. The minimum absolute atomic E-state index is 0.0580. The van der Waals surface area contributed by atoms with Crippen molar-refractivity contribution < 1.29 is 4.79 Å². The molecule has 1 saturated heterocycles. The van der Waals surface area contributed by atoms with Crippen LogP contribution >= 0.6 is 22.9 Å². The fourth-order valence-electron chi connectivity index (χ4n) is 3.87. The molecule has 0 bridgehead atoms. The summed E-state index contributed by atoms with van der Waals surface area (Å²) in [6.07, 6.45) is 1.79. The first-order valence-corrected chi connectivity index (χ1v) is 10.9. The van der Waals surface area contributed by atoms with Gasteiger partial charge in [0.05, 0.1) is 0 Å². The Morgan fingerprint density at radius 2 is 1.73 bits per heavy atom. The number of hydrogen-bond acceptors (Lipinski definition) is 4. The molecule has 5 rings (SSSR count). The van der Waals surface area contributed by atoms with Crippen LogP contribution in [0.4, 0.5) is 0 Å². The zero-order valence-corrected chi connectivity index (χ0v) is 17.9. The van der Waals surface area contributed by atoms with Crippen molar-refractivity contribution in [2.75, 3.05) is 20.1 Å². The number of fused-ring (bicyclic) bond motifs is 1. The summed E-state index contributed by atoms with van der Waals surface area (Å²) in [5.74, 6) is 0.255. The standard InChI is InChI=1S/C24H19ClN2O2S/c1-26-13-18(14-26)22(28)16-4-8-20(9-5-16)27-11-10-17-12-21(30-23(17)24(27)29)15-2-6-19(25)7-3-15/h2-12,18H,13-14H2,1H3. The SMILES string of the molecule is CN1CC(C(=O)c2ccc(-n3ccc4cc(-c5ccc(Cl)cc5)sc4c3=O)cc2)C1. The van der Waals surface area contributed by atoms with Crippen LogP contribution in [0.15, 0.2) is 71.7 Å². The van der Waals surface area contributed by atoms with E-state index < -0.39 is 0 Å². The predicted molar refractivity (Wildman–Crippen MR) is 123 cm³/mol. The number of halogens is 1. The van der Waals surface area contributed by atoms with Gasteiger partial charge >= 0.3 is 0 Å². The van der Waals surface area contributed by atoms with Crippen LogP contribution in [-0.4, -0.2) is 35.4 Å². The van der Waals surface area contributed by atoms with Crippen molar-refractivity contribution in [1.29, 1.82) is 0 Å². The summed E-state index contributed by atoms with van der Waals surface area (Å²) in [5.41, 5.74) is 2.44. The number of aromatic nitrogens is 1. The average molecular weight is 435 g/mol. The maximum absolute atomic E-state index is 13.1. The van der Waals surface area contributed by atoms with Crippen molar-refractivity contribution >= 4 is 38.8 Å². The molecule has 1 aliphatic heterocycles. The Labute approximate surface area is 183 Å². The van der Waals surface area contributed by atoms with Crippen LogP contribution in [0.5, 0.6) is 0 Å². The number of pyridine rings is 1. The summed E-state index contributed by atoms with van der Waals surface area (Å²) in [7, 11) is 2.01. The Hall–Kier alpha value is -2.73. The van der Waals surface area contributed by atoms with Gasteiger partial charge in [-0.2, -0.15) is 0 Å². The van der Waals surface area contributed by atoms with Crippen LogP contribution in [0, 0.1) is 5.92 Å². The molecule has 0 aliphatic carbocycles. The highest BCUT2D eigenvalue weighted by Gasteiger charge is 2.30. The number of carbonyl (C=O) groups excluding carboxylic acids is 1. The van der Waals surface area contributed by atoms with Gasteiger partial charge in [-0.15, -0.1) is 11.3 Å². The van der Waals surface area contributed by atoms with E-state index in [0.717, 1.165) is 34.6 Å². The highest BCUT2D eigenvalue weighted by atomic mass is 35.5. The van der Waals surface area contributed by atoms with Crippen LogP contribution in [0.3, 0.4) is 0 Å². The molecule has 150 valence electrons. The summed E-state index contributed by atoms with van der Waals surface area (Å²) in [6, 6.07) is 18.9. The molecule has 1 aliphatic rings. The van der Waals surface area contributed by atoms with Crippen molar-refractivity contribution in [3.63, 3.8) is 0 Å². The monoisotopic (exact) mass is 434 g/mol. The molecule has 0 spiro atoms. The molecule has 1 fully saturated rings. The molecule has 2 aromatic heterocycles. The lowest BCUT2D eigenvalue weighted by Crippen LogP contribution is -2.47. The van der Waals surface area contributed by atoms with E-state index in [0.29, 0.717) is 15.3 Å². The second-order valence-electron chi connectivity index (χ2n) is 7.72. The Balaban J connectivity index is 1.47. The number of hydrogen-bond donors (Lipinski definition) is 0. The molecule has 30 heavy (non-hydrogen) atoms. The van der Waals surface area contributed by atoms with E-state index in [-0.39, 0.29) is 17.3 Å². The van der Waals surface area contributed by atoms with Gasteiger partial charge in [0.25, 0.3) is 5.56 Å². The summed E-state index contributed by atoms with van der Waals surface area (Å²) in [4.78, 5) is 28.8. The first kappa shape index (κ1) is 19.2. The van der Waals surface area contributed by atoms with Crippen molar-refractivity contribution in [2.24, 2.45) is 5.92 Å². The van der Waals surface area contributed by atoms with Gasteiger partial charge in [-0.05, 0) is 61.1 Å². The second-order valence-corrected chi connectivity index (χ2v) is 9.21. The molecule has 4 aromatic rings. The molecule has 0 N–H and O–H groups in total. The molecule has 0 radical (unpaired) electrons. The maximum Gasteiger partial charge on any atom is 0.273 e. The number of likely N-dealkylation sites (tertiary alicyclic amines) is 1. The second kappa shape index (κ2) is 7.51. The largest absolute Gasteiger partial charge is 0.305 e. The lowest BCUT2D eigenvalue weighted by molar-refractivity contribution is 0.0702. The van der Waals surface area contributed by atoms with Crippen molar-refractivity contribution in [3.05, 3.63) is 87.8 Å². The first-order chi connectivity index (χ1) is 14.5. The van der Waals surface area contributed by atoms with Gasteiger partial charge in [0.15, 0.2) is 5.78 Å². The van der Waals surface area contributed by atoms with Gasteiger partial charge in [0.1, 0.15) is 4.70 Å². The lowest BCUT2D eigenvalue weighted by atomic mass is 9.91. The number of benzene rings is 2. The van der Waals surface area contributed by atoms with Crippen LogP contribution in [0.1, 0.15) is 10.4 Å². The Morgan fingerprint density at radius 3 is 2.40 bits per heavy atom. The van der Waals surface area contributed by atoms with Crippen LogP contribution in [-0.2, 0) is 0 Å². The number of rotatable bonds is 4. The molecule has 2 aromatic carbocycles. The normalized spacial score (nSPS) is 14.7. The van der Waals surface area contributed by atoms with E-state index in [1.807, 2.05) is 67.7 Å². The van der Waals surface area contributed by atoms with Gasteiger partial charge in [0.2, 0.25) is 0 Å². The summed E-state index contributed by atoms with van der Waals surface area (Å²) in [6.45, 7) is 1.62. The summed E-state index contributed by atoms with van der Waals surface area (Å²) in [5, 5.41) is 1.61. The minimum Gasteiger partial charge on any atom is -0.305 e. The first-order valence-electron chi connectivity index (χ1n) is 9.74.